The SMILES string of the molecule is CC(C)OCC(=O)NCc1ccccc1[N+](=O)[O-]. The molecule has 0 aromatic heterocycles. The van der Waals surface area contributed by atoms with Gasteiger partial charge in [0.25, 0.3) is 5.69 Å². The molecule has 98 valence electrons. The number of hydrogen-bond donors (Lipinski definition) is 1. The van der Waals surface area contributed by atoms with Crippen molar-refractivity contribution in [2.75, 3.05) is 6.61 Å². The summed E-state index contributed by atoms with van der Waals surface area (Å²) in [6.07, 6.45) is -0.0261. The second-order valence-corrected chi connectivity index (χ2v) is 4.02. The molecule has 6 heteroatoms. The van der Waals surface area contributed by atoms with Gasteiger partial charge in [-0.25, -0.2) is 0 Å². The Bertz CT molecular complexity index is 432. The summed E-state index contributed by atoms with van der Waals surface area (Å²) in [5, 5.41) is 13.3. The largest absolute Gasteiger partial charge is 0.369 e. The number of nitro benzene ring substituents is 1. The number of para-hydroxylation sites is 1. The van der Waals surface area contributed by atoms with E-state index in [1.54, 1.807) is 18.2 Å². The summed E-state index contributed by atoms with van der Waals surface area (Å²) in [7, 11) is 0. The molecule has 0 aliphatic heterocycles. The lowest BCUT2D eigenvalue weighted by Crippen LogP contribution is -2.28. The van der Waals surface area contributed by atoms with Gasteiger partial charge in [0.15, 0.2) is 0 Å². The van der Waals surface area contributed by atoms with Crippen LogP contribution in [0, 0.1) is 10.1 Å². The van der Waals surface area contributed by atoms with Crippen LogP contribution in [0.2, 0.25) is 0 Å². The smallest absolute Gasteiger partial charge is 0.274 e. The Morgan fingerprint density at radius 2 is 2.11 bits per heavy atom. The molecule has 1 amide bonds. The van der Waals surface area contributed by atoms with Crippen molar-refractivity contribution in [3.05, 3.63) is 39.9 Å². The highest BCUT2D eigenvalue weighted by atomic mass is 16.6. The number of hydrogen-bond acceptors (Lipinski definition) is 4. The quantitative estimate of drug-likeness (QED) is 0.616. The van der Waals surface area contributed by atoms with Gasteiger partial charge in [-0.15, -0.1) is 0 Å². The highest BCUT2D eigenvalue weighted by molar-refractivity contribution is 5.77. The Balaban J connectivity index is 2.53. The summed E-state index contributed by atoms with van der Waals surface area (Å²) in [5.74, 6) is -0.290. The van der Waals surface area contributed by atoms with Crippen molar-refractivity contribution in [3.63, 3.8) is 0 Å². The molecule has 6 nitrogen and oxygen atoms in total. The molecule has 0 unspecified atom stereocenters. The first-order chi connectivity index (χ1) is 8.50. The van der Waals surface area contributed by atoms with Crippen LogP contribution >= 0.6 is 0 Å². The molecule has 1 aromatic carbocycles. The number of nitrogens with one attached hydrogen (secondary N) is 1. The standard InChI is InChI=1S/C12H16N2O4/c1-9(2)18-8-12(15)13-7-10-5-3-4-6-11(10)14(16)17/h3-6,9H,7-8H2,1-2H3,(H,13,15). The highest BCUT2D eigenvalue weighted by Gasteiger charge is 2.12. The van der Waals surface area contributed by atoms with E-state index >= 15 is 0 Å². The van der Waals surface area contributed by atoms with Crippen LogP contribution in [0.4, 0.5) is 5.69 Å². The number of nitro groups is 1. The van der Waals surface area contributed by atoms with Crippen molar-refractivity contribution in [2.45, 2.75) is 26.5 Å². The van der Waals surface area contributed by atoms with Crippen molar-refractivity contribution in [3.8, 4) is 0 Å². The van der Waals surface area contributed by atoms with Crippen LogP contribution in [0.1, 0.15) is 19.4 Å². The lowest BCUT2D eigenvalue weighted by Gasteiger charge is -2.08. The number of nitrogens with zero attached hydrogens (tertiary/aromatic N) is 1. The minimum absolute atomic E-state index is 0.00239. The fourth-order valence-electron chi connectivity index (χ4n) is 1.33. The molecule has 0 radical (unpaired) electrons. The van der Waals surface area contributed by atoms with Crippen LogP contribution < -0.4 is 5.32 Å². The Labute approximate surface area is 105 Å². The van der Waals surface area contributed by atoms with Gasteiger partial charge in [-0.2, -0.15) is 0 Å². The van der Waals surface area contributed by atoms with Gasteiger partial charge in [-0.05, 0) is 13.8 Å². The van der Waals surface area contributed by atoms with E-state index in [1.165, 1.54) is 6.07 Å². The predicted octanol–water partition coefficient (Wildman–Crippen LogP) is 1.64. The maximum Gasteiger partial charge on any atom is 0.274 e. The molecular weight excluding hydrogens is 236 g/mol. The Morgan fingerprint density at radius 3 is 2.72 bits per heavy atom. The molecular formula is C12H16N2O4. The summed E-state index contributed by atoms with van der Waals surface area (Å²) in [5.41, 5.74) is 0.475. The normalized spacial score (nSPS) is 10.4. The monoisotopic (exact) mass is 252 g/mol. The van der Waals surface area contributed by atoms with Crippen LogP contribution in [0.15, 0.2) is 24.3 Å². The minimum Gasteiger partial charge on any atom is -0.369 e. The van der Waals surface area contributed by atoms with Crippen molar-refractivity contribution >= 4 is 11.6 Å². The zero-order valence-corrected chi connectivity index (χ0v) is 10.4. The molecule has 0 spiro atoms. The van der Waals surface area contributed by atoms with Gasteiger partial charge in [0.1, 0.15) is 6.61 Å². The molecule has 0 saturated heterocycles. The fraction of sp³-hybridized carbons (Fsp3) is 0.417. The molecule has 1 aromatic rings. The van der Waals surface area contributed by atoms with E-state index in [-0.39, 0.29) is 30.9 Å². The van der Waals surface area contributed by atoms with Gasteiger partial charge in [0.2, 0.25) is 5.91 Å². The fourth-order valence-corrected chi connectivity index (χ4v) is 1.33. The van der Waals surface area contributed by atoms with Crippen LogP contribution in [-0.2, 0) is 16.1 Å². The lowest BCUT2D eigenvalue weighted by atomic mass is 10.2. The van der Waals surface area contributed by atoms with E-state index in [1.807, 2.05) is 13.8 Å². The zero-order chi connectivity index (χ0) is 13.5. The molecule has 0 saturated carbocycles. The number of ether oxygens (including phenoxy) is 1. The number of benzene rings is 1. The first-order valence-electron chi connectivity index (χ1n) is 5.61. The summed E-state index contributed by atoms with van der Waals surface area (Å²) < 4.78 is 5.12. The van der Waals surface area contributed by atoms with E-state index in [2.05, 4.69) is 5.32 Å². The minimum atomic E-state index is -0.466. The second-order valence-electron chi connectivity index (χ2n) is 4.02. The van der Waals surface area contributed by atoms with Gasteiger partial charge < -0.3 is 10.1 Å². The van der Waals surface area contributed by atoms with E-state index in [0.29, 0.717) is 5.56 Å². The third-order valence-electron chi connectivity index (χ3n) is 2.21. The summed E-state index contributed by atoms with van der Waals surface area (Å²) in [4.78, 5) is 21.7. The third kappa shape index (κ3) is 4.50. The van der Waals surface area contributed by atoms with E-state index < -0.39 is 4.92 Å². The first kappa shape index (κ1) is 14.1. The lowest BCUT2D eigenvalue weighted by molar-refractivity contribution is -0.385. The molecule has 0 bridgehead atoms. The van der Waals surface area contributed by atoms with Crippen LogP contribution in [-0.4, -0.2) is 23.5 Å². The molecule has 0 atom stereocenters. The van der Waals surface area contributed by atoms with Crippen molar-refractivity contribution in [2.24, 2.45) is 0 Å². The van der Waals surface area contributed by atoms with Gasteiger partial charge in [-0.1, -0.05) is 18.2 Å². The summed E-state index contributed by atoms with van der Waals surface area (Å²) >= 11 is 0. The second kappa shape index (κ2) is 6.70. The van der Waals surface area contributed by atoms with Crippen LogP contribution in [0.25, 0.3) is 0 Å². The van der Waals surface area contributed by atoms with Crippen molar-refractivity contribution < 1.29 is 14.5 Å². The molecule has 0 aliphatic rings. The Kier molecular flexibility index (Phi) is 5.26. The van der Waals surface area contributed by atoms with Crippen molar-refractivity contribution in [1.82, 2.24) is 5.32 Å². The predicted molar refractivity (Wildman–Crippen MR) is 66.0 cm³/mol. The topological polar surface area (TPSA) is 81.5 Å². The van der Waals surface area contributed by atoms with Crippen LogP contribution in [0.3, 0.4) is 0 Å². The van der Waals surface area contributed by atoms with E-state index in [9.17, 15) is 14.9 Å². The zero-order valence-electron chi connectivity index (χ0n) is 10.4. The first-order valence-corrected chi connectivity index (χ1v) is 5.61. The van der Waals surface area contributed by atoms with Crippen molar-refractivity contribution in [1.29, 1.82) is 0 Å². The average Bonchev–Trinajstić information content (AvgIpc) is 2.34. The third-order valence-corrected chi connectivity index (χ3v) is 2.21. The summed E-state index contributed by atoms with van der Waals surface area (Å²) in [6, 6.07) is 6.30. The Hall–Kier alpha value is -1.95. The molecule has 0 aliphatic carbocycles. The number of carbonyl (C=O) groups excluding carboxylic acids is 1. The van der Waals surface area contributed by atoms with Gasteiger partial charge >= 0.3 is 0 Å². The van der Waals surface area contributed by atoms with Crippen LogP contribution in [0.5, 0.6) is 0 Å². The van der Waals surface area contributed by atoms with E-state index in [4.69, 9.17) is 4.74 Å². The van der Waals surface area contributed by atoms with Gasteiger partial charge in [0.05, 0.1) is 11.0 Å². The number of carbonyl (C=O) groups is 1. The molecule has 1 N–H and O–H groups in total. The van der Waals surface area contributed by atoms with Gasteiger partial charge in [0, 0.05) is 18.2 Å². The Morgan fingerprint density at radius 1 is 1.44 bits per heavy atom. The molecule has 0 heterocycles. The van der Waals surface area contributed by atoms with Gasteiger partial charge in [-0.3, -0.25) is 14.9 Å². The molecule has 0 fully saturated rings. The summed E-state index contributed by atoms with van der Waals surface area (Å²) in [6.45, 7) is 3.74. The maximum absolute atomic E-state index is 11.4. The maximum atomic E-state index is 11.4. The number of rotatable bonds is 6. The highest BCUT2D eigenvalue weighted by Crippen LogP contribution is 2.16. The van der Waals surface area contributed by atoms with E-state index in [0.717, 1.165) is 0 Å². The molecule has 18 heavy (non-hydrogen) atoms. The molecule has 1 rings (SSSR count). The number of amides is 1. The average molecular weight is 252 g/mol.